The van der Waals surface area contributed by atoms with Crippen molar-refractivity contribution in [3.63, 3.8) is 0 Å². The highest BCUT2D eigenvalue weighted by molar-refractivity contribution is 5.98. The van der Waals surface area contributed by atoms with Crippen LogP contribution in [0.15, 0.2) is 83.7 Å². The number of para-hydroxylation sites is 2. The van der Waals surface area contributed by atoms with Crippen LogP contribution in [0.2, 0.25) is 0 Å². The molecule has 0 saturated carbocycles. The van der Waals surface area contributed by atoms with Gasteiger partial charge >= 0.3 is 0 Å². The lowest BCUT2D eigenvalue weighted by atomic mass is 9.89. The normalized spacial score (nSPS) is 14.7. The Kier molecular flexibility index (Phi) is 5.31. The monoisotopic (exact) mass is 424 g/mol. The second-order valence-corrected chi connectivity index (χ2v) is 8.33. The number of aromatic nitrogens is 1. The SMILES string of the molecule is O=C(c1ccccc1)C1CCN(C(=O)Cn2c3ccccc3c(=O)c3ccccc32)CC1. The number of carbonyl (C=O) groups is 2. The standard InChI is InChI=1S/C27H24N2O3/c30-25(28-16-14-20(15-17-28)26(31)19-8-2-1-3-9-19)18-29-23-12-6-4-10-21(23)27(32)22-11-5-7-13-24(22)29/h1-13,20H,14-18H2. The molecule has 5 nitrogen and oxygen atoms in total. The summed E-state index contributed by atoms with van der Waals surface area (Å²) in [6.07, 6.45) is 1.34. The molecule has 5 heteroatoms. The molecule has 32 heavy (non-hydrogen) atoms. The summed E-state index contributed by atoms with van der Waals surface area (Å²) in [7, 11) is 0. The van der Waals surface area contributed by atoms with E-state index in [4.69, 9.17) is 0 Å². The van der Waals surface area contributed by atoms with E-state index in [1.165, 1.54) is 0 Å². The van der Waals surface area contributed by atoms with Gasteiger partial charge in [-0.2, -0.15) is 0 Å². The Hall–Kier alpha value is -3.73. The zero-order chi connectivity index (χ0) is 22.1. The number of rotatable bonds is 4. The minimum Gasteiger partial charge on any atom is -0.341 e. The molecule has 0 radical (unpaired) electrons. The van der Waals surface area contributed by atoms with Crippen LogP contribution in [0, 0.1) is 5.92 Å². The second kappa shape index (κ2) is 8.42. The van der Waals surface area contributed by atoms with Gasteiger partial charge in [-0.3, -0.25) is 14.4 Å². The molecule has 2 heterocycles. The summed E-state index contributed by atoms with van der Waals surface area (Å²) < 4.78 is 1.94. The maximum absolute atomic E-state index is 13.2. The highest BCUT2D eigenvalue weighted by Gasteiger charge is 2.28. The molecule has 160 valence electrons. The van der Waals surface area contributed by atoms with Crippen molar-refractivity contribution in [2.75, 3.05) is 13.1 Å². The number of benzene rings is 3. The third-order valence-corrected chi connectivity index (χ3v) is 6.45. The Balaban J connectivity index is 1.38. The van der Waals surface area contributed by atoms with E-state index in [2.05, 4.69) is 0 Å². The molecule has 0 N–H and O–H groups in total. The van der Waals surface area contributed by atoms with Gasteiger partial charge < -0.3 is 9.47 Å². The molecule has 0 spiro atoms. The Morgan fingerprint density at radius 3 is 1.88 bits per heavy atom. The maximum atomic E-state index is 13.2. The Bertz CT molecular complexity index is 1310. The summed E-state index contributed by atoms with van der Waals surface area (Å²) in [4.78, 5) is 40.7. The molecular weight excluding hydrogens is 400 g/mol. The number of nitrogens with zero attached hydrogens (tertiary/aromatic N) is 2. The molecule has 1 amide bonds. The number of pyridine rings is 1. The fourth-order valence-electron chi connectivity index (χ4n) is 4.71. The molecule has 4 aromatic rings. The van der Waals surface area contributed by atoms with Gasteiger partial charge in [0.05, 0.1) is 11.0 Å². The van der Waals surface area contributed by atoms with Crippen molar-refractivity contribution in [2.45, 2.75) is 19.4 Å². The Morgan fingerprint density at radius 2 is 1.28 bits per heavy atom. The number of likely N-dealkylation sites (tertiary alicyclic amines) is 1. The van der Waals surface area contributed by atoms with E-state index in [0.29, 0.717) is 36.7 Å². The zero-order valence-corrected chi connectivity index (χ0v) is 17.7. The molecule has 0 bridgehead atoms. The molecule has 1 fully saturated rings. The van der Waals surface area contributed by atoms with Crippen LogP contribution in [0.1, 0.15) is 23.2 Å². The first-order valence-corrected chi connectivity index (χ1v) is 11.0. The lowest BCUT2D eigenvalue weighted by molar-refractivity contribution is -0.132. The summed E-state index contributed by atoms with van der Waals surface area (Å²) in [6, 6.07) is 24.2. The van der Waals surface area contributed by atoms with Crippen molar-refractivity contribution in [2.24, 2.45) is 5.92 Å². The highest BCUT2D eigenvalue weighted by atomic mass is 16.2. The molecule has 5 rings (SSSR count). The molecule has 0 atom stereocenters. The lowest BCUT2D eigenvalue weighted by Gasteiger charge is -2.32. The van der Waals surface area contributed by atoms with E-state index in [1.54, 1.807) is 0 Å². The van der Waals surface area contributed by atoms with Gasteiger partial charge in [-0.15, -0.1) is 0 Å². The van der Waals surface area contributed by atoms with Crippen molar-refractivity contribution in [1.29, 1.82) is 0 Å². The van der Waals surface area contributed by atoms with Gasteiger partial charge in [0.1, 0.15) is 6.54 Å². The topological polar surface area (TPSA) is 59.4 Å². The predicted molar refractivity (Wildman–Crippen MR) is 126 cm³/mol. The highest BCUT2D eigenvalue weighted by Crippen LogP contribution is 2.23. The lowest BCUT2D eigenvalue weighted by Crippen LogP contribution is -2.42. The summed E-state index contributed by atoms with van der Waals surface area (Å²) in [6.45, 7) is 1.30. The number of Topliss-reactive ketones (excluding diaryl/α,β-unsaturated/α-hetero) is 1. The molecule has 1 aliphatic rings. The molecule has 1 saturated heterocycles. The smallest absolute Gasteiger partial charge is 0.242 e. The summed E-state index contributed by atoms with van der Waals surface area (Å²) in [5.74, 6) is 0.125. The van der Waals surface area contributed by atoms with Crippen molar-refractivity contribution >= 4 is 33.5 Å². The molecule has 0 unspecified atom stereocenters. The minimum atomic E-state index is -0.0458. The van der Waals surface area contributed by atoms with Crippen LogP contribution >= 0.6 is 0 Å². The van der Waals surface area contributed by atoms with Gasteiger partial charge in [-0.25, -0.2) is 0 Å². The third kappa shape index (κ3) is 3.60. The quantitative estimate of drug-likeness (QED) is 0.363. The van der Waals surface area contributed by atoms with E-state index in [9.17, 15) is 14.4 Å². The number of fused-ring (bicyclic) bond motifs is 2. The number of ketones is 1. The fraction of sp³-hybridized carbons (Fsp3) is 0.222. The van der Waals surface area contributed by atoms with Crippen molar-refractivity contribution in [1.82, 2.24) is 9.47 Å². The summed E-state index contributed by atoms with van der Waals surface area (Å²) >= 11 is 0. The molecule has 0 aliphatic carbocycles. The van der Waals surface area contributed by atoms with Crippen LogP contribution in [0.3, 0.4) is 0 Å². The van der Waals surface area contributed by atoms with E-state index in [1.807, 2.05) is 88.3 Å². The fourth-order valence-corrected chi connectivity index (χ4v) is 4.71. The van der Waals surface area contributed by atoms with E-state index >= 15 is 0 Å². The first-order valence-electron chi connectivity index (χ1n) is 11.0. The molecule has 1 aliphatic heterocycles. The Morgan fingerprint density at radius 1 is 0.750 bits per heavy atom. The van der Waals surface area contributed by atoms with E-state index in [0.717, 1.165) is 16.6 Å². The van der Waals surface area contributed by atoms with Gasteiger partial charge in [-0.05, 0) is 37.1 Å². The maximum Gasteiger partial charge on any atom is 0.242 e. The van der Waals surface area contributed by atoms with E-state index < -0.39 is 0 Å². The number of hydrogen-bond donors (Lipinski definition) is 0. The van der Waals surface area contributed by atoms with Crippen LogP contribution in [-0.2, 0) is 11.3 Å². The van der Waals surface area contributed by atoms with Crippen molar-refractivity contribution < 1.29 is 9.59 Å². The summed E-state index contributed by atoms with van der Waals surface area (Å²) in [5, 5.41) is 1.23. The largest absolute Gasteiger partial charge is 0.341 e. The first kappa shape index (κ1) is 20.2. The molecular formula is C27H24N2O3. The number of piperidine rings is 1. The first-order chi connectivity index (χ1) is 15.6. The van der Waals surface area contributed by atoms with Crippen molar-refractivity contribution in [3.8, 4) is 0 Å². The Labute approximate surface area is 185 Å². The number of amides is 1. The van der Waals surface area contributed by atoms with Crippen LogP contribution < -0.4 is 5.43 Å². The molecule has 3 aromatic carbocycles. The third-order valence-electron chi connectivity index (χ3n) is 6.45. The van der Waals surface area contributed by atoms with Crippen molar-refractivity contribution in [3.05, 3.63) is 94.6 Å². The molecule has 1 aromatic heterocycles. The minimum absolute atomic E-state index is 0.00886. The zero-order valence-electron chi connectivity index (χ0n) is 17.7. The van der Waals surface area contributed by atoms with Crippen LogP contribution in [0.25, 0.3) is 21.8 Å². The predicted octanol–water partition coefficient (Wildman–Crippen LogP) is 4.28. The average molecular weight is 425 g/mol. The number of carbonyl (C=O) groups excluding carboxylic acids is 2. The van der Waals surface area contributed by atoms with Gasteiger partial charge in [0, 0.05) is 35.3 Å². The second-order valence-electron chi connectivity index (χ2n) is 8.33. The van der Waals surface area contributed by atoms with Crippen LogP contribution in [0.5, 0.6) is 0 Å². The van der Waals surface area contributed by atoms with Gasteiger partial charge in [0.25, 0.3) is 0 Å². The number of hydrogen-bond acceptors (Lipinski definition) is 3. The van der Waals surface area contributed by atoms with Crippen LogP contribution in [0.4, 0.5) is 0 Å². The van der Waals surface area contributed by atoms with E-state index in [-0.39, 0.29) is 29.6 Å². The summed E-state index contributed by atoms with van der Waals surface area (Å²) in [5.41, 5.74) is 2.25. The van der Waals surface area contributed by atoms with Gasteiger partial charge in [0.15, 0.2) is 11.2 Å². The van der Waals surface area contributed by atoms with Gasteiger partial charge in [0.2, 0.25) is 5.91 Å². The van der Waals surface area contributed by atoms with Gasteiger partial charge in [-0.1, -0.05) is 54.6 Å². The average Bonchev–Trinajstić information content (AvgIpc) is 2.86. The van der Waals surface area contributed by atoms with Crippen LogP contribution in [-0.4, -0.2) is 34.2 Å².